The highest BCUT2D eigenvalue weighted by molar-refractivity contribution is 5.85. The molecule has 0 spiro atoms. The van der Waals surface area contributed by atoms with Crippen LogP contribution in [0.3, 0.4) is 0 Å². The van der Waals surface area contributed by atoms with Crippen molar-refractivity contribution in [2.75, 3.05) is 0 Å². The van der Waals surface area contributed by atoms with Crippen molar-refractivity contribution in [2.45, 2.75) is 39.8 Å². The Morgan fingerprint density at radius 2 is 2.16 bits per heavy atom. The molecule has 0 radical (unpaired) electrons. The molecule has 0 aliphatic heterocycles. The van der Waals surface area contributed by atoms with Crippen LogP contribution in [-0.2, 0) is 11.3 Å². The molecule has 6 heteroatoms. The Kier molecular flexibility index (Phi) is 3.28. The fourth-order valence-corrected chi connectivity index (χ4v) is 1.84. The van der Waals surface area contributed by atoms with Crippen molar-refractivity contribution >= 4 is 11.6 Å². The van der Waals surface area contributed by atoms with Gasteiger partial charge in [-0.15, -0.1) is 0 Å². The van der Waals surface area contributed by atoms with E-state index in [1.54, 1.807) is 24.6 Å². The fraction of sp³-hybridized carbons (Fsp3) is 0.462. The van der Waals surface area contributed by atoms with Crippen LogP contribution in [-0.4, -0.2) is 26.0 Å². The molecule has 0 fully saturated rings. The molecule has 2 aromatic heterocycles. The molecule has 2 heterocycles. The topological polar surface area (TPSA) is 85.3 Å². The number of aromatic nitrogens is 3. The molecule has 0 unspecified atom stereocenters. The number of nitrogens with zero attached hydrogens (tertiary/aromatic N) is 3. The molecular weight excluding hydrogens is 242 g/mol. The van der Waals surface area contributed by atoms with Crippen LogP contribution in [0.5, 0.6) is 0 Å². The number of carbonyl (C=O) groups is 1. The van der Waals surface area contributed by atoms with Gasteiger partial charge in [-0.05, 0) is 33.8 Å². The maximum Gasteiger partial charge on any atom is 0.239 e. The van der Waals surface area contributed by atoms with E-state index in [1.807, 2.05) is 19.9 Å². The van der Waals surface area contributed by atoms with Crippen LogP contribution < -0.4 is 11.1 Å². The van der Waals surface area contributed by atoms with Gasteiger partial charge in [0.05, 0.1) is 11.7 Å². The number of amides is 1. The molecule has 19 heavy (non-hydrogen) atoms. The molecule has 0 aliphatic rings. The number of hydrogen-bond acceptors (Lipinski definition) is 4. The van der Waals surface area contributed by atoms with E-state index in [4.69, 9.17) is 5.73 Å². The van der Waals surface area contributed by atoms with E-state index in [1.165, 1.54) is 0 Å². The van der Waals surface area contributed by atoms with Crippen LogP contribution in [0, 0.1) is 13.8 Å². The highest BCUT2D eigenvalue weighted by atomic mass is 16.2. The van der Waals surface area contributed by atoms with E-state index >= 15 is 0 Å². The number of fused-ring (bicyclic) bond motifs is 1. The third-order valence-corrected chi connectivity index (χ3v) is 2.88. The minimum Gasteiger partial charge on any atom is -0.350 e. The van der Waals surface area contributed by atoms with Gasteiger partial charge in [0.1, 0.15) is 0 Å². The molecule has 3 N–H and O–H groups in total. The molecule has 2 rings (SSSR count). The molecule has 6 nitrogen and oxygen atoms in total. The molecule has 0 atom stereocenters. The molecule has 0 saturated carbocycles. The predicted octanol–water partition coefficient (Wildman–Crippen LogP) is 0.700. The number of carbonyl (C=O) groups excluding carboxylic acids is 1. The normalized spacial score (nSPS) is 11.8. The van der Waals surface area contributed by atoms with Gasteiger partial charge < -0.3 is 11.1 Å². The van der Waals surface area contributed by atoms with E-state index in [0.717, 1.165) is 22.6 Å². The number of nitrogens with one attached hydrogen (secondary N) is 1. The van der Waals surface area contributed by atoms with Crippen molar-refractivity contribution in [1.82, 2.24) is 19.9 Å². The molecule has 0 bridgehead atoms. The van der Waals surface area contributed by atoms with Crippen molar-refractivity contribution < 1.29 is 4.79 Å². The van der Waals surface area contributed by atoms with Crippen molar-refractivity contribution in [3.05, 3.63) is 29.2 Å². The van der Waals surface area contributed by atoms with Gasteiger partial charge in [0, 0.05) is 23.5 Å². The zero-order valence-corrected chi connectivity index (χ0v) is 11.7. The minimum atomic E-state index is -0.887. The van der Waals surface area contributed by atoms with Gasteiger partial charge >= 0.3 is 0 Å². The summed E-state index contributed by atoms with van der Waals surface area (Å²) in [7, 11) is 0. The molecule has 0 aliphatic carbocycles. The molecule has 0 aromatic carbocycles. The van der Waals surface area contributed by atoms with Gasteiger partial charge in [-0.3, -0.25) is 4.79 Å². The Labute approximate surface area is 112 Å². The van der Waals surface area contributed by atoms with Gasteiger partial charge in [0.25, 0.3) is 0 Å². The first-order valence-corrected chi connectivity index (χ1v) is 6.17. The quantitative estimate of drug-likeness (QED) is 0.851. The lowest BCUT2D eigenvalue weighted by Gasteiger charge is -2.17. The lowest BCUT2D eigenvalue weighted by Crippen LogP contribution is -2.48. The average Bonchev–Trinajstić information content (AvgIpc) is 2.67. The van der Waals surface area contributed by atoms with Gasteiger partial charge in [-0.1, -0.05) is 0 Å². The Bertz CT molecular complexity index is 624. The van der Waals surface area contributed by atoms with Crippen molar-refractivity contribution in [1.29, 1.82) is 0 Å². The molecule has 0 saturated heterocycles. The highest BCUT2D eigenvalue weighted by Gasteiger charge is 2.21. The van der Waals surface area contributed by atoms with Crippen LogP contribution >= 0.6 is 0 Å². The number of rotatable bonds is 3. The van der Waals surface area contributed by atoms with Crippen LogP contribution in [0.4, 0.5) is 0 Å². The fourth-order valence-electron chi connectivity index (χ4n) is 1.84. The summed E-state index contributed by atoms with van der Waals surface area (Å²) < 4.78 is 1.77. The number of hydrogen-bond donors (Lipinski definition) is 2. The largest absolute Gasteiger partial charge is 0.350 e. The zero-order valence-electron chi connectivity index (χ0n) is 11.7. The summed E-state index contributed by atoms with van der Waals surface area (Å²) >= 11 is 0. The smallest absolute Gasteiger partial charge is 0.239 e. The standard InChI is InChI=1S/C13H19N5O/c1-8-5-9(2)18-11(17-8)10(7-16-18)6-15-12(19)13(3,4)14/h5,7H,6,14H2,1-4H3,(H,15,19). The summed E-state index contributed by atoms with van der Waals surface area (Å²) in [5.41, 5.74) is 8.44. The molecule has 1 amide bonds. The third-order valence-electron chi connectivity index (χ3n) is 2.88. The third kappa shape index (κ3) is 2.73. The zero-order chi connectivity index (χ0) is 14.2. The van der Waals surface area contributed by atoms with E-state index in [2.05, 4.69) is 15.4 Å². The molecular formula is C13H19N5O. The van der Waals surface area contributed by atoms with Crippen LogP contribution in [0.15, 0.2) is 12.3 Å². The Balaban J connectivity index is 2.25. The maximum atomic E-state index is 11.7. The summed E-state index contributed by atoms with van der Waals surface area (Å²) in [6.07, 6.45) is 1.72. The van der Waals surface area contributed by atoms with Crippen molar-refractivity contribution in [3.63, 3.8) is 0 Å². The van der Waals surface area contributed by atoms with E-state index in [-0.39, 0.29) is 5.91 Å². The Morgan fingerprint density at radius 3 is 2.79 bits per heavy atom. The Hall–Kier alpha value is -1.95. The van der Waals surface area contributed by atoms with Gasteiger partial charge in [0.15, 0.2) is 5.65 Å². The van der Waals surface area contributed by atoms with Crippen molar-refractivity contribution in [3.8, 4) is 0 Å². The monoisotopic (exact) mass is 261 g/mol. The average molecular weight is 261 g/mol. The first-order chi connectivity index (χ1) is 8.79. The predicted molar refractivity (Wildman–Crippen MR) is 72.6 cm³/mol. The van der Waals surface area contributed by atoms with Gasteiger partial charge in [-0.25, -0.2) is 9.50 Å². The molecule has 102 valence electrons. The minimum absolute atomic E-state index is 0.198. The van der Waals surface area contributed by atoms with E-state index in [9.17, 15) is 4.79 Å². The number of nitrogens with two attached hydrogens (primary N) is 1. The van der Waals surface area contributed by atoms with Crippen LogP contribution in [0.1, 0.15) is 30.8 Å². The second-order valence-electron chi connectivity index (χ2n) is 5.35. The lowest BCUT2D eigenvalue weighted by atomic mass is 10.1. The molecule has 2 aromatic rings. The SMILES string of the molecule is Cc1cc(C)n2ncc(CNC(=O)C(C)(C)N)c2n1. The van der Waals surface area contributed by atoms with Crippen LogP contribution in [0.25, 0.3) is 5.65 Å². The lowest BCUT2D eigenvalue weighted by molar-refractivity contribution is -0.125. The van der Waals surface area contributed by atoms with E-state index < -0.39 is 5.54 Å². The van der Waals surface area contributed by atoms with Crippen molar-refractivity contribution in [2.24, 2.45) is 5.73 Å². The first-order valence-electron chi connectivity index (χ1n) is 6.17. The number of aryl methyl sites for hydroxylation is 2. The summed E-state index contributed by atoms with van der Waals surface area (Å²) in [6, 6.07) is 1.96. The second kappa shape index (κ2) is 4.62. The maximum absolute atomic E-state index is 11.7. The van der Waals surface area contributed by atoms with E-state index in [0.29, 0.717) is 6.54 Å². The van der Waals surface area contributed by atoms with Crippen LogP contribution in [0.2, 0.25) is 0 Å². The Morgan fingerprint density at radius 1 is 1.47 bits per heavy atom. The summed E-state index contributed by atoms with van der Waals surface area (Å²) in [6.45, 7) is 7.63. The van der Waals surface area contributed by atoms with Gasteiger partial charge in [-0.2, -0.15) is 5.10 Å². The summed E-state index contributed by atoms with van der Waals surface area (Å²) in [5.74, 6) is -0.198. The first kappa shape index (κ1) is 13.5. The summed E-state index contributed by atoms with van der Waals surface area (Å²) in [4.78, 5) is 16.2. The summed E-state index contributed by atoms with van der Waals surface area (Å²) in [5, 5.41) is 7.07. The highest BCUT2D eigenvalue weighted by Crippen LogP contribution is 2.11. The van der Waals surface area contributed by atoms with Gasteiger partial charge in [0.2, 0.25) is 5.91 Å². The second-order valence-corrected chi connectivity index (χ2v) is 5.35.